The largest absolute Gasteiger partial charge is 0.481 e. The van der Waals surface area contributed by atoms with Crippen molar-refractivity contribution in [3.63, 3.8) is 0 Å². The number of ether oxygens (including phenoxy) is 1. The minimum Gasteiger partial charge on any atom is -0.481 e. The fraction of sp³-hybridized carbons (Fsp3) is 0.375. The predicted octanol–water partition coefficient (Wildman–Crippen LogP) is 1.16. The molecule has 0 radical (unpaired) electrons. The number of carbonyl (C=O) groups is 1. The van der Waals surface area contributed by atoms with E-state index in [1.54, 1.807) is 0 Å². The second kappa shape index (κ2) is 4.76. The molecule has 0 atom stereocenters. The predicted molar refractivity (Wildman–Crippen MR) is 49.6 cm³/mol. The molecule has 0 spiro atoms. The number of aliphatic carboxylic acids is 1. The van der Waals surface area contributed by atoms with Crippen LogP contribution in [-0.2, 0) is 11.2 Å². The Morgan fingerprint density at radius 2 is 2.43 bits per heavy atom. The van der Waals surface area contributed by atoms with Crippen molar-refractivity contribution < 1.29 is 14.6 Å². The molecule has 0 aliphatic carbocycles. The first kappa shape index (κ1) is 10.7. The summed E-state index contributed by atoms with van der Waals surface area (Å²) in [6.07, 6.45) is 1.80. The van der Waals surface area contributed by atoms with Crippen molar-refractivity contribution in [2.75, 3.05) is 7.11 Å². The monoisotopic (exact) mass is 216 g/mol. The lowest BCUT2D eigenvalue weighted by Crippen LogP contribution is -2.00. The van der Waals surface area contributed by atoms with Crippen LogP contribution in [0.2, 0.25) is 5.15 Å². The van der Waals surface area contributed by atoms with E-state index in [2.05, 4.69) is 9.97 Å². The summed E-state index contributed by atoms with van der Waals surface area (Å²) in [7, 11) is 1.43. The van der Waals surface area contributed by atoms with Crippen molar-refractivity contribution in [2.45, 2.75) is 12.8 Å². The molecule has 0 unspecified atom stereocenters. The highest BCUT2D eigenvalue weighted by Gasteiger charge is 2.06. The number of carboxylic acid groups (broad SMARTS) is 1. The molecular weight excluding hydrogens is 208 g/mol. The molecule has 0 aliphatic rings. The van der Waals surface area contributed by atoms with E-state index in [1.807, 2.05) is 0 Å². The molecule has 0 aliphatic heterocycles. The summed E-state index contributed by atoms with van der Waals surface area (Å²) >= 11 is 5.77. The van der Waals surface area contributed by atoms with Gasteiger partial charge < -0.3 is 9.84 Å². The highest BCUT2D eigenvalue weighted by Crippen LogP contribution is 2.16. The van der Waals surface area contributed by atoms with Crippen molar-refractivity contribution in [2.24, 2.45) is 0 Å². The number of nitrogens with zero attached hydrogens (tertiary/aromatic N) is 2. The van der Waals surface area contributed by atoms with Gasteiger partial charge in [0, 0.05) is 18.2 Å². The molecule has 14 heavy (non-hydrogen) atoms. The van der Waals surface area contributed by atoms with Gasteiger partial charge in [0.1, 0.15) is 5.15 Å². The van der Waals surface area contributed by atoms with Gasteiger partial charge in [0.2, 0.25) is 0 Å². The molecule has 0 saturated carbocycles. The second-order valence-electron chi connectivity index (χ2n) is 2.57. The Balaban J connectivity index is 2.73. The molecular formula is C8H9ClN2O3. The van der Waals surface area contributed by atoms with Crippen LogP contribution in [0.1, 0.15) is 12.0 Å². The lowest BCUT2D eigenvalue weighted by Gasteiger charge is -2.02. The maximum absolute atomic E-state index is 10.3. The van der Waals surface area contributed by atoms with Crippen LogP contribution in [0.5, 0.6) is 6.01 Å². The first-order valence-corrected chi connectivity index (χ1v) is 4.28. The number of methoxy groups -OCH3 is 1. The molecule has 0 fully saturated rings. The fourth-order valence-corrected chi connectivity index (χ4v) is 1.09. The maximum atomic E-state index is 10.3. The summed E-state index contributed by atoms with van der Waals surface area (Å²) in [5.41, 5.74) is 0.606. The first-order valence-electron chi connectivity index (χ1n) is 3.90. The van der Waals surface area contributed by atoms with Crippen LogP contribution in [0.15, 0.2) is 6.20 Å². The van der Waals surface area contributed by atoms with E-state index in [4.69, 9.17) is 21.4 Å². The zero-order valence-electron chi connectivity index (χ0n) is 7.53. The molecule has 76 valence electrons. The molecule has 1 rings (SSSR count). The van der Waals surface area contributed by atoms with Gasteiger partial charge in [0.15, 0.2) is 0 Å². The smallest absolute Gasteiger partial charge is 0.317 e. The summed E-state index contributed by atoms with van der Waals surface area (Å²) in [5, 5.41) is 8.69. The molecule has 0 aromatic carbocycles. The average molecular weight is 217 g/mol. The van der Waals surface area contributed by atoms with E-state index in [9.17, 15) is 4.79 Å². The van der Waals surface area contributed by atoms with E-state index in [0.717, 1.165) is 0 Å². The van der Waals surface area contributed by atoms with Crippen molar-refractivity contribution in [1.29, 1.82) is 0 Å². The molecule has 1 aromatic rings. The average Bonchev–Trinajstić information content (AvgIpc) is 2.15. The van der Waals surface area contributed by atoms with Gasteiger partial charge in [-0.2, -0.15) is 4.98 Å². The van der Waals surface area contributed by atoms with Crippen molar-refractivity contribution >= 4 is 17.6 Å². The summed E-state index contributed by atoms with van der Waals surface area (Å²) in [4.78, 5) is 17.9. The number of halogens is 1. The van der Waals surface area contributed by atoms with Gasteiger partial charge >= 0.3 is 12.0 Å². The fourth-order valence-electron chi connectivity index (χ4n) is 0.879. The summed E-state index contributed by atoms with van der Waals surface area (Å²) in [6, 6.07) is 0.175. The highest BCUT2D eigenvalue weighted by atomic mass is 35.5. The van der Waals surface area contributed by atoms with E-state index in [0.29, 0.717) is 12.0 Å². The van der Waals surface area contributed by atoms with Gasteiger partial charge in [-0.25, -0.2) is 4.98 Å². The Labute approximate surface area is 85.7 Å². The molecule has 0 saturated heterocycles. The Hall–Kier alpha value is -1.36. The van der Waals surface area contributed by atoms with Crippen molar-refractivity contribution in [3.05, 3.63) is 16.9 Å². The van der Waals surface area contributed by atoms with Gasteiger partial charge in [0.05, 0.1) is 7.11 Å². The topological polar surface area (TPSA) is 72.3 Å². The molecule has 0 bridgehead atoms. The van der Waals surface area contributed by atoms with Gasteiger partial charge in [-0.15, -0.1) is 0 Å². The normalized spacial score (nSPS) is 9.86. The summed E-state index contributed by atoms with van der Waals surface area (Å²) in [5.74, 6) is -0.878. The molecule has 1 N–H and O–H groups in total. The minimum atomic E-state index is -0.878. The van der Waals surface area contributed by atoms with Gasteiger partial charge in [-0.3, -0.25) is 4.79 Å². The standard InChI is InChI=1S/C8H9ClN2O3/c1-14-8-10-4-5(7(9)11-8)2-3-6(12)13/h4H,2-3H2,1H3,(H,12,13). The van der Waals surface area contributed by atoms with Crippen LogP contribution < -0.4 is 4.74 Å². The first-order chi connectivity index (χ1) is 6.63. The SMILES string of the molecule is COc1ncc(CCC(=O)O)c(Cl)n1. The number of aromatic nitrogens is 2. The number of rotatable bonds is 4. The van der Waals surface area contributed by atoms with Gasteiger partial charge in [-0.1, -0.05) is 11.6 Å². The van der Waals surface area contributed by atoms with Crippen LogP contribution in [0, 0.1) is 0 Å². The Kier molecular flexibility index (Phi) is 3.64. The highest BCUT2D eigenvalue weighted by molar-refractivity contribution is 6.30. The minimum absolute atomic E-state index is 0.00933. The molecule has 0 amide bonds. The van der Waals surface area contributed by atoms with Crippen molar-refractivity contribution in [1.82, 2.24) is 9.97 Å². The third-order valence-electron chi connectivity index (χ3n) is 1.58. The number of aryl methyl sites for hydroxylation is 1. The van der Waals surface area contributed by atoms with E-state index >= 15 is 0 Å². The molecule has 1 aromatic heterocycles. The van der Waals surface area contributed by atoms with Crippen LogP contribution in [0.3, 0.4) is 0 Å². The van der Waals surface area contributed by atoms with Crippen LogP contribution in [-0.4, -0.2) is 28.2 Å². The van der Waals surface area contributed by atoms with Gasteiger partial charge in [-0.05, 0) is 6.42 Å². The van der Waals surface area contributed by atoms with E-state index in [1.165, 1.54) is 13.3 Å². The van der Waals surface area contributed by atoms with Crippen LogP contribution in [0.25, 0.3) is 0 Å². The molecule has 5 nitrogen and oxygen atoms in total. The number of hydrogen-bond acceptors (Lipinski definition) is 4. The third-order valence-corrected chi connectivity index (χ3v) is 1.91. The Morgan fingerprint density at radius 1 is 1.71 bits per heavy atom. The zero-order chi connectivity index (χ0) is 10.6. The summed E-state index contributed by atoms with van der Waals surface area (Å²) in [6.45, 7) is 0. The second-order valence-corrected chi connectivity index (χ2v) is 2.92. The molecule has 1 heterocycles. The summed E-state index contributed by atoms with van der Waals surface area (Å²) < 4.78 is 4.75. The van der Waals surface area contributed by atoms with Crippen molar-refractivity contribution in [3.8, 4) is 6.01 Å². The quantitative estimate of drug-likeness (QED) is 0.765. The Bertz CT molecular complexity index is 343. The Morgan fingerprint density at radius 3 is 2.93 bits per heavy atom. The van der Waals surface area contributed by atoms with E-state index < -0.39 is 5.97 Å². The zero-order valence-corrected chi connectivity index (χ0v) is 8.28. The number of hydrogen-bond donors (Lipinski definition) is 1. The lowest BCUT2D eigenvalue weighted by atomic mass is 10.2. The third kappa shape index (κ3) is 2.85. The lowest BCUT2D eigenvalue weighted by molar-refractivity contribution is -0.136. The number of carboxylic acids is 1. The maximum Gasteiger partial charge on any atom is 0.317 e. The van der Waals surface area contributed by atoms with Crippen LogP contribution in [0.4, 0.5) is 0 Å². The van der Waals surface area contributed by atoms with Crippen LogP contribution >= 0.6 is 11.6 Å². The van der Waals surface area contributed by atoms with E-state index in [-0.39, 0.29) is 17.6 Å². The van der Waals surface area contributed by atoms with Gasteiger partial charge in [0.25, 0.3) is 0 Å². The molecule has 6 heteroatoms.